The lowest BCUT2D eigenvalue weighted by Gasteiger charge is -2.22. The molecule has 4 rings (SSSR count). The van der Waals surface area contributed by atoms with E-state index >= 15 is 0 Å². The monoisotopic (exact) mass is 565 g/mol. The lowest BCUT2D eigenvalue weighted by Crippen LogP contribution is -2.35. The topological polar surface area (TPSA) is 132 Å². The zero-order valence-electron chi connectivity index (χ0n) is 23.4. The van der Waals surface area contributed by atoms with Crippen LogP contribution in [0.25, 0.3) is 16.5 Å². The summed E-state index contributed by atoms with van der Waals surface area (Å²) < 4.78 is 34.8. The first kappa shape index (κ1) is 28.8. The van der Waals surface area contributed by atoms with E-state index in [1.807, 2.05) is 0 Å². The summed E-state index contributed by atoms with van der Waals surface area (Å²) >= 11 is 0. The SMILES string of the molecule is C/C(OC(=O)C(C)(C)C)=C1/C(=O)N(OC(=O)C(C)(C)C)c2cc(NS(=O)(=O)c3cccc4cccnc34)ccc21. The largest absolute Gasteiger partial charge is 0.430 e. The van der Waals surface area contributed by atoms with Gasteiger partial charge in [-0.25, -0.2) is 13.2 Å². The lowest BCUT2D eigenvalue weighted by atomic mass is 9.97. The van der Waals surface area contributed by atoms with E-state index in [9.17, 15) is 22.8 Å². The van der Waals surface area contributed by atoms with Crippen molar-refractivity contribution in [3.63, 3.8) is 0 Å². The Balaban J connectivity index is 1.78. The van der Waals surface area contributed by atoms with Crippen LogP contribution in [0.3, 0.4) is 0 Å². The number of pyridine rings is 1. The number of hydroxylamine groups is 1. The first-order valence-electron chi connectivity index (χ1n) is 12.5. The van der Waals surface area contributed by atoms with E-state index < -0.39 is 38.7 Å². The van der Waals surface area contributed by atoms with Gasteiger partial charge >= 0.3 is 11.9 Å². The van der Waals surface area contributed by atoms with Crippen LogP contribution in [0, 0.1) is 10.8 Å². The third-order valence-electron chi connectivity index (χ3n) is 6.02. The highest BCUT2D eigenvalue weighted by Crippen LogP contribution is 2.42. The molecule has 1 amide bonds. The molecular weight excluding hydrogens is 534 g/mol. The average molecular weight is 566 g/mol. The van der Waals surface area contributed by atoms with Crippen LogP contribution in [0.2, 0.25) is 0 Å². The molecule has 1 N–H and O–H groups in total. The number of para-hydroxylation sites is 1. The van der Waals surface area contributed by atoms with E-state index in [0.717, 1.165) is 5.06 Å². The molecule has 1 aliphatic rings. The molecular formula is C29H31N3O7S. The highest BCUT2D eigenvalue weighted by Gasteiger charge is 2.40. The number of carbonyl (C=O) groups excluding carboxylic acids is 3. The van der Waals surface area contributed by atoms with E-state index in [1.165, 1.54) is 37.4 Å². The second kappa shape index (κ2) is 10.1. The Bertz CT molecular complexity index is 1670. The minimum atomic E-state index is -4.10. The van der Waals surface area contributed by atoms with E-state index in [1.54, 1.807) is 65.8 Å². The minimum Gasteiger partial charge on any atom is -0.430 e. The molecule has 0 aliphatic carbocycles. The van der Waals surface area contributed by atoms with Gasteiger partial charge in [0.2, 0.25) is 0 Å². The van der Waals surface area contributed by atoms with Gasteiger partial charge in [0, 0.05) is 17.1 Å². The van der Waals surface area contributed by atoms with Gasteiger partial charge in [-0.05, 0) is 78.8 Å². The zero-order chi connectivity index (χ0) is 29.6. The quantitative estimate of drug-likeness (QED) is 0.253. The van der Waals surface area contributed by atoms with Gasteiger partial charge in [-0.2, -0.15) is 0 Å². The van der Waals surface area contributed by atoms with Crippen LogP contribution >= 0.6 is 0 Å². The van der Waals surface area contributed by atoms with Crippen LogP contribution in [0.4, 0.5) is 11.4 Å². The number of fused-ring (bicyclic) bond motifs is 2. The van der Waals surface area contributed by atoms with Crippen LogP contribution in [0.15, 0.2) is 65.4 Å². The molecule has 0 unspecified atom stereocenters. The molecule has 10 nitrogen and oxygen atoms in total. The van der Waals surface area contributed by atoms with Crippen molar-refractivity contribution in [2.24, 2.45) is 10.8 Å². The molecule has 0 radical (unpaired) electrons. The maximum Gasteiger partial charge on any atom is 0.338 e. The summed E-state index contributed by atoms with van der Waals surface area (Å²) in [6.45, 7) is 11.4. The van der Waals surface area contributed by atoms with Crippen molar-refractivity contribution in [2.75, 3.05) is 9.79 Å². The molecule has 40 heavy (non-hydrogen) atoms. The van der Waals surface area contributed by atoms with Gasteiger partial charge in [-0.3, -0.25) is 19.3 Å². The summed E-state index contributed by atoms with van der Waals surface area (Å²) in [7, 11) is -4.10. The maximum absolute atomic E-state index is 13.5. The Morgan fingerprint density at radius 3 is 2.23 bits per heavy atom. The molecule has 1 aliphatic heterocycles. The summed E-state index contributed by atoms with van der Waals surface area (Å²) in [6.07, 6.45) is 1.51. The fourth-order valence-corrected chi connectivity index (χ4v) is 5.03. The minimum absolute atomic E-state index is 0.0157. The number of ether oxygens (including phenoxy) is 1. The second-order valence-electron chi connectivity index (χ2n) is 11.5. The number of esters is 1. The van der Waals surface area contributed by atoms with Gasteiger partial charge in [0.25, 0.3) is 15.9 Å². The van der Waals surface area contributed by atoms with E-state index in [2.05, 4.69) is 9.71 Å². The van der Waals surface area contributed by atoms with Gasteiger partial charge in [-0.1, -0.05) is 18.2 Å². The second-order valence-corrected chi connectivity index (χ2v) is 13.1. The van der Waals surface area contributed by atoms with Gasteiger partial charge in [0.05, 0.1) is 33.3 Å². The average Bonchev–Trinajstić information content (AvgIpc) is 3.12. The first-order chi connectivity index (χ1) is 18.5. The Labute approximate surface area is 233 Å². The molecule has 11 heteroatoms. The third-order valence-corrected chi connectivity index (χ3v) is 7.43. The number of rotatable bonds is 5. The zero-order valence-corrected chi connectivity index (χ0v) is 24.2. The molecule has 0 fully saturated rings. The Morgan fingerprint density at radius 2 is 1.57 bits per heavy atom. The number of amides is 1. The third kappa shape index (κ3) is 5.55. The number of nitrogens with zero attached hydrogens (tertiary/aromatic N) is 2. The van der Waals surface area contributed by atoms with Crippen molar-refractivity contribution in [1.29, 1.82) is 0 Å². The van der Waals surface area contributed by atoms with Crippen LogP contribution in [0.5, 0.6) is 0 Å². The molecule has 0 saturated carbocycles. The summed E-state index contributed by atoms with van der Waals surface area (Å²) in [6, 6.07) is 12.6. The summed E-state index contributed by atoms with van der Waals surface area (Å²) in [5.74, 6) is -1.95. The van der Waals surface area contributed by atoms with E-state index in [-0.39, 0.29) is 27.6 Å². The van der Waals surface area contributed by atoms with Crippen molar-refractivity contribution >= 4 is 55.7 Å². The number of carbonyl (C=O) groups is 3. The van der Waals surface area contributed by atoms with Crippen molar-refractivity contribution in [3.8, 4) is 0 Å². The first-order valence-corrected chi connectivity index (χ1v) is 14.0. The molecule has 2 aromatic carbocycles. The molecule has 2 heterocycles. The number of allylic oxidation sites excluding steroid dienone is 1. The van der Waals surface area contributed by atoms with E-state index in [4.69, 9.17) is 9.57 Å². The lowest BCUT2D eigenvalue weighted by molar-refractivity contribution is -0.157. The number of benzene rings is 2. The van der Waals surface area contributed by atoms with Crippen molar-refractivity contribution in [1.82, 2.24) is 4.98 Å². The van der Waals surface area contributed by atoms with Crippen molar-refractivity contribution < 1.29 is 32.4 Å². The normalized spacial score (nSPS) is 15.1. The Morgan fingerprint density at radius 1 is 0.925 bits per heavy atom. The van der Waals surface area contributed by atoms with Crippen molar-refractivity contribution in [2.45, 2.75) is 53.4 Å². The number of hydrogen-bond acceptors (Lipinski definition) is 8. The molecule has 0 atom stereocenters. The number of anilines is 2. The highest BCUT2D eigenvalue weighted by atomic mass is 32.2. The molecule has 0 bridgehead atoms. The summed E-state index contributed by atoms with van der Waals surface area (Å²) in [5.41, 5.74) is -0.925. The summed E-state index contributed by atoms with van der Waals surface area (Å²) in [4.78, 5) is 48.5. The molecule has 3 aromatic rings. The van der Waals surface area contributed by atoms with Crippen LogP contribution in [-0.2, 0) is 34.0 Å². The number of sulfonamides is 1. The smallest absolute Gasteiger partial charge is 0.338 e. The molecule has 1 aromatic heterocycles. The predicted molar refractivity (Wildman–Crippen MR) is 150 cm³/mol. The van der Waals surface area contributed by atoms with Crippen LogP contribution in [0.1, 0.15) is 54.0 Å². The maximum atomic E-state index is 13.5. The van der Waals surface area contributed by atoms with Crippen molar-refractivity contribution in [3.05, 3.63) is 66.1 Å². The molecule has 0 saturated heterocycles. The Kier molecular flexibility index (Phi) is 7.23. The number of aromatic nitrogens is 1. The fourth-order valence-electron chi connectivity index (χ4n) is 3.80. The fraction of sp³-hybridized carbons (Fsp3) is 0.310. The van der Waals surface area contributed by atoms with E-state index in [0.29, 0.717) is 16.5 Å². The van der Waals surface area contributed by atoms with Gasteiger partial charge in [0.15, 0.2) is 0 Å². The summed E-state index contributed by atoms with van der Waals surface area (Å²) in [5, 5.41) is 1.45. The molecule has 210 valence electrons. The van der Waals surface area contributed by atoms with Gasteiger partial charge in [-0.15, -0.1) is 5.06 Å². The number of nitrogens with one attached hydrogen (secondary N) is 1. The Hall–Kier alpha value is -4.25. The highest BCUT2D eigenvalue weighted by molar-refractivity contribution is 7.93. The van der Waals surface area contributed by atoms with Gasteiger partial charge in [0.1, 0.15) is 10.7 Å². The molecule has 0 spiro atoms. The van der Waals surface area contributed by atoms with Crippen LogP contribution < -0.4 is 9.79 Å². The number of hydrogen-bond donors (Lipinski definition) is 1. The standard InChI is InChI=1S/C29H31N3O7S/c1-17(38-26(34)28(2,3)4)23-20-14-13-19(16-21(20)32(25(23)33)39-27(35)29(5,6)7)31-40(36,37)22-12-8-10-18-11-9-15-30-24(18)22/h8-16,31H,1-7H3/b23-17-. The van der Waals surface area contributed by atoms with Crippen LogP contribution in [-0.4, -0.2) is 31.2 Å². The van der Waals surface area contributed by atoms with Gasteiger partial charge < -0.3 is 9.57 Å². The predicted octanol–water partition coefficient (Wildman–Crippen LogP) is 5.21.